The van der Waals surface area contributed by atoms with Gasteiger partial charge in [-0.05, 0) is 30.2 Å². The van der Waals surface area contributed by atoms with Crippen LogP contribution in [0.2, 0.25) is 5.02 Å². The molecule has 31 heavy (non-hydrogen) atoms. The average Bonchev–Trinajstić information content (AvgIpc) is 3.40. The number of benzene rings is 2. The highest BCUT2D eigenvalue weighted by Crippen LogP contribution is 2.32. The molecule has 1 aromatic heterocycles. The third-order valence-corrected chi connectivity index (χ3v) is 7.59. The third-order valence-electron chi connectivity index (χ3n) is 5.24. The molecule has 4 rings (SSSR count). The SMILES string of the molecule is CN(c1ccc(S(=O)(=O)Nc2ncns2)cc1Cl)C1CCN(Cc2ccccc2)C1.Cl. The van der Waals surface area contributed by atoms with Gasteiger partial charge in [-0.25, -0.2) is 13.4 Å². The quantitative estimate of drug-likeness (QED) is 0.526. The number of likely N-dealkylation sites (N-methyl/N-ethyl adjacent to an activating group) is 1. The van der Waals surface area contributed by atoms with Crippen molar-refractivity contribution in [1.82, 2.24) is 14.3 Å². The van der Waals surface area contributed by atoms with Crippen LogP contribution < -0.4 is 9.62 Å². The zero-order valence-corrected chi connectivity index (χ0v) is 20.0. The Kier molecular flexibility index (Phi) is 7.77. The van der Waals surface area contributed by atoms with Crippen LogP contribution >= 0.6 is 35.5 Å². The molecule has 1 fully saturated rings. The van der Waals surface area contributed by atoms with Crippen LogP contribution in [0.15, 0.2) is 59.8 Å². The molecule has 2 heterocycles. The smallest absolute Gasteiger partial charge is 0.263 e. The molecule has 2 aromatic carbocycles. The Labute approximate surface area is 197 Å². The first-order valence-electron chi connectivity index (χ1n) is 9.50. The Bertz CT molecular complexity index is 1100. The fraction of sp³-hybridized carbons (Fsp3) is 0.300. The zero-order chi connectivity index (χ0) is 21.1. The molecule has 0 aliphatic carbocycles. The topological polar surface area (TPSA) is 78.4 Å². The summed E-state index contributed by atoms with van der Waals surface area (Å²) in [5.41, 5.74) is 2.12. The molecule has 3 aromatic rings. The summed E-state index contributed by atoms with van der Waals surface area (Å²) in [5, 5.41) is 0.621. The van der Waals surface area contributed by atoms with E-state index in [-0.39, 0.29) is 22.4 Å². The summed E-state index contributed by atoms with van der Waals surface area (Å²) < 4.78 is 31.3. The van der Waals surface area contributed by atoms with Crippen molar-refractivity contribution in [3.8, 4) is 0 Å². The number of halogens is 2. The van der Waals surface area contributed by atoms with Gasteiger partial charge in [0.2, 0.25) is 5.13 Å². The standard InChI is InChI=1S/C20H22ClN5O2S2.ClH/c1-25(16-9-10-26(13-16)12-15-5-3-2-4-6-15)19-8-7-17(11-18(19)21)30(27,28)24-20-22-14-23-29-20;/h2-8,11,14,16H,9-10,12-13H2,1H3,(H,22,23,24);1H. The van der Waals surface area contributed by atoms with Gasteiger partial charge >= 0.3 is 0 Å². The Morgan fingerprint density at radius 2 is 2.03 bits per heavy atom. The van der Waals surface area contributed by atoms with E-state index in [4.69, 9.17) is 11.6 Å². The van der Waals surface area contributed by atoms with E-state index >= 15 is 0 Å². The Morgan fingerprint density at radius 1 is 1.26 bits per heavy atom. The predicted octanol–water partition coefficient (Wildman–Crippen LogP) is 4.12. The van der Waals surface area contributed by atoms with Crippen molar-refractivity contribution in [1.29, 1.82) is 0 Å². The minimum Gasteiger partial charge on any atom is -0.369 e. The molecule has 1 aliphatic rings. The molecule has 1 atom stereocenters. The largest absolute Gasteiger partial charge is 0.369 e. The van der Waals surface area contributed by atoms with E-state index in [2.05, 4.69) is 48.1 Å². The molecule has 1 saturated heterocycles. The van der Waals surface area contributed by atoms with E-state index in [9.17, 15) is 8.42 Å². The maximum Gasteiger partial charge on any atom is 0.263 e. The molecular weight excluding hydrogens is 477 g/mol. The highest BCUT2D eigenvalue weighted by Gasteiger charge is 2.27. The summed E-state index contributed by atoms with van der Waals surface area (Å²) >= 11 is 7.46. The van der Waals surface area contributed by atoms with Gasteiger partial charge in [0, 0.05) is 44.3 Å². The molecule has 0 bridgehead atoms. The first-order chi connectivity index (χ1) is 14.4. The lowest BCUT2D eigenvalue weighted by Crippen LogP contribution is -2.34. The molecule has 0 saturated carbocycles. The van der Waals surface area contributed by atoms with Crippen molar-refractivity contribution in [2.24, 2.45) is 0 Å². The second-order valence-corrected chi connectivity index (χ2v) is 10.1. The van der Waals surface area contributed by atoms with Gasteiger partial charge in [0.15, 0.2) is 0 Å². The van der Waals surface area contributed by atoms with E-state index in [0.717, 1.165) is 43.3 Å². The van der Waals surface area contributed by atoms with Gasteiger partial charge in [-0.1, -0.05) is 41.9 Å². The van der Waals surface area contributed by atoms with E-state index in [1.165, 1.54) is 18.0 Å². The van der Waals surface area contributed by atoms with Crippen molar-refractivity contribution in [3.63, 3.8) is 0 Å². The molecule has 0 amide bonds. The second-order valence-electron chi connectivity index (χ2n) is 7.24. The van der Waals surface area contributed by atoms with Crippen molar-refractivity contribution in [3.05, 3.63) is 65.4 Å². The Balaban J connectivity index is 0.00000272. The predicted molar refractivity (Wildman–Crippen MR) is 128 cm³/mol. The van der Waals surface area contributed by atoms with E-state index in [1.807, 2.05) is 13.1 Å². The van der Waals surface area contributed by atoms with Crippen LogP contribution in [0.3, 0.4) is 0 Å². The van der Waals surface area contributed by atoms with Crippen molar-refractivity contribution in [2.75, 3.05) is 29.8 Å². The number of likely N-dealkylation sites (tertiary alicyclic amines) is 1. The number of rotatable bonds is 7. The number of hydrogen-bond acceptors (Lipinski definition) is 7. The number of aromatic nitrogens is 2. The van der Waals surface area contributed by atoms with Crippen LogP contribution in [0, 0.1) is 0 Å². The number of nitrogens with zero attached hydrogens (tertiary/aromatic N) is 4. The van der Waals surface area contributed by atoms with Crippen LogP contribution in [0.25, 0.3) is 0 Å². The first kappa shape index (κ1) is 23.7. The monoisotopic (exact) mass is 499 g/mol. The molecule has 0 radical (unpaired) electrons. The van der Waals surface area contributed by atoms with Gasteiger partial charge in [-0.3, -0.25) is 9.62 Å². The number of nitrogens with one attached hydrogen (secondary N) is 1. The summed E-state index contributed by atoms with van der Waals surface area (Å²) in [4.78, 5) is 8.52. The van der Waals surface area contributed by atoms with Gasteiger partial charge in [-0.15, -0.1) is 12.4 Å². The normalized spacial score (nSPS) is 16.6. The lowest BCUT2D eigenvalue weighted by Gasteiger charge is -2.28. The highest BCUT2D eigenvalue weighted by atomic mass is 35.5. The fourth-order valence-corrected chi connectivity index (χ4v) is 5.71. The average molecular weight is 500 g/mol. The van der Waals surface area contributed by atoms with Crippen molar-refractivity contribution in [2.45, 2.75) is 23.9 Å². The van der Waals surface area contributed by atoms with Gasteiger partial charge in [-0.2, -0.15) is 4.37 Å². The lowest BCUT2D eigenvalue weighted by atomic mass is 10.2. The number of sulfonamides is 1. The van der Waals surface area contributed by atoms with Crippen LogP contribution in [-0.4, -0.2) is 48.9 Å². The lowest BCUT2D eigenvalue weighted by molar-refractivity contribution is 0.326. The third kappa shape index (κ3) is 5.67. The maximum atomic E-state index is 12.6. The van der Waals surface area contributed by atoms with Crippen LogP contribution in [0.1, 0.15) is 12.0 Å². The molecule has 7 nitrogen and oxygen atoms in total. The van der Waals surface area contributed by atoms with Crippen molar-refractivity contribution < 1.29 is 8.42 Å². The summed E-state index contributed by atoms with van der Waals surface area (Å²) in [7, 11) is -1.76. The second kappa shape index (κ2) is 10.1. The minimum absolute atomic E-state index is 0. The fourth-order valence-electron chi connectivity index (χ4n) is 3.64. The van der Waals surface area contributed by atoms with Gasteiger partial charge in [0.1, 0.15) is 6.33 Å². The summed E-state index contributed by atoms with van der Waals surface area (Å²) in [6, 6.07) is 15.6. The Hall–Kier alpha value is -1.91. The number of anilines is 2. The molecule has 11 heteroatoms. The summed E-state index contributed by atoms with van der Waals surface area (Å²) in [6.07, 6.45) is 2.33. The number of hydrogen-bond donors (Lipinski definition) is 1. The zero-order valence-electron chi connectivity index (χ0n) is 16.8. The van der Waals surface area contributed by atoms with Crippen LogP contribution in [0.4, 0.5) is 10.8 Å². The first-order valence-corrected chi connectivity index (χ1v) is 12.1. The maximum absolute atomic E-state index is 12.6. The highest BCUT2D eigenvalue weighted by molar-refractivity contribution is 7.93. The Morgan fingerprint density at radius 3 is 2.71 bits per heavy atom. The molecule has 0 spiro atoms. The molecule has 1 aliphatic heterocycles. The molecular formula is C20H23Cl2N5O2S2. The van der Waals surface area contributed by atoms with E-state index in [1.54, 1.807) is 12.1 Å². The van der Waals surface area contributed by atoms with Gasteiger partial charge in [0.25, 0.3) is 10.0 Å². The summed E-state index contributed by atoms with van der Waals surface area (Å²) in [6.45, 7) is 2.87. The van der Waals surface area contributed by atoms with E-state index < -0.39 is 10.0 Å². The molecule has 166 valence electrons. The molecule has 1 N–H and O–H groups in total. The molecule has 1 unspecified atom stereocenters. The van der Waals surface area contributed by atoms with E-state index in [0.29, 0.717) is 11.1 Å². The minimum atomic E-state index is -3.76. The van der Waals surface area contributed by atoms with Crippen molar-refractivity contribution >= 4 is 56.4 Å². The van der Waals surface area contributed by atoms with Crippen LogP contribution in [0.5, 0.6) is 0 Å². The van der Waals surface area contributed by atoms with Crippen LogP contribution in [-0.2, 0) is 16.6 Å². The van der Waals surface area contributed by atoms with Gasteiger partial charge in [0.05, 0.1) is 15.6 Å². The summed E-state index contributed by atoms with van der Waals surface area (Å²) in [5.74, 6) is 0. The van der Waals surface area contributed by atoms with Gasteiger partial charge < -0.3 is 4.90 Å².